The van der Waals surface area contributed by atoms with Gasteiger partial charge in [0.25, 0.3) is 0 Å². The fourth-order valence-corrected chi connectivity index (χ4v) is 2.86. The van der Waals surface area contributed by atoms with Crippen molar-refractivity contribution in [2.45, 2.75) is 32.1 Å². The molecule has 23 heavy (non-hydrogen) atoms. The quantitative estimate of drug-likeness (QED) is 0.851. The third-order valence-corrected chi connectivity index (χ3v) is 4.22. The van der Waals surface area contributed by atoms with E-state index < -0.39 is 0 Å². The summed E-state index contributed by atoms with van der Waals surface area (Å²) in [7, 11) is 0. The average molecular weight is 307 g/mol. The van der Waals surface area contributed by atoms with E-state index in [0.29, 0.717) is 12.7 Å². The maximum Gasteiger partial charge on any atom is 0.0991 e. The molecule has 0 bridgehead atoms. The predicted octanol–water partition coefficient (Wildman–Crippen LogP) is 3.13. The first kappa shape index (κ1) is 15.7. The molecule has 3 rings (SSSR count). The molecule has 1 aliphatic heterocycles. The summed E-state index contributed by atoms with van der Waals surface area (Å²) in [6, 6.07) is 15.9. The summed E-state index contributed by atoms with van der Waals surface area (Å²) >= 11 is 0. The summed E-state index contributed by atoms with van der Waals surface area (Å²) in [5, 5.41) is 8.83. The molecule has 4 nitrogen and oxygen atoms in total. The Bertz CT molecular complexity index is 641. The van der Waals surface area contributed by atoms with E-state index in [2.05, 4.69) is 16.0 Å². The van der Waals surface area contributed by atoms with Crippen molar-refractivity contribution in [3.63, 3.8) is 0 Å². The standard InChI is InChI=1S/C19H21N3O/c20-13-16-4-6-17(7-5-16)14-22-11-8-19(9-12-22)23-15-18-3-1-2-10-21-18/h1-7,10,19H,8-9,11-12,14-15H2. The van der Waals surface area contributed by atoms with Gasteiger partial charge in [-0.2, -0.15) is 5.26 Å². The second-order valence-electron chi connectivity index (χ2n) is 5.92. The molecule has 0 saturated carbocycles. The Morgan fingerprint density at radius 3 is 2.57 bits per heavy atom. The number of nitrogens with zero attached hydrogens (tertiary/aromatic N) is 3. The van der Waals surface area contributed by atoms with Gasteiger partial charge in [-0.15, -0.1) is 0 Å². The lowest BCUT2D eigenvalue weighted by molar-refractivity contribution is -0.00522. The number of likely N-dealkylation sites (tertiary alicyclic amines) is 1. The van der Waals surface area contributed by atoms with Crippen molar-refractivity contribution >= 4 is 0 Å². The first-order chi connectivity index (χ1) is 11.3. The third-order valence-electron chi connectivity index (χ3n) is 4.22. The Balaban J connectivity index is 1.42. The van der Waals surface area contributed by atoms with Gasteiger partial charge in [0.2, 0.25) is 0 Å². The second kappa shape index (κ2) is 7.87. The maximum absolute atomic E-state index is 8.83. The van der Waals surface area contributed by atoms with Crippen molar-refractivity contribution in [2.24, 2.45) is 0 Å². The van der Waals surface area contributed by atoms with Gasteiger partial charge in [0.1, 0.15) is 0 Å². The Kier molecular flexibility index (Phi) is 5.36. The fourth-order valence-electron chi connectivity index (χ4n) is 2.86. The summed E-state index contributed by atoms with van der Waals surface area (Å²) in [5.41, 5.74) is 2.97. The van der Waals surface area contributed by atoms with Crippen LogP contribution >= 0.6 is 0 Å². The lowest BCUT2D eigenvalue weighted by atomic mass is 10.1. The van der Waals surface area contributed by atoms with E-state index in [4.69, 9.17) is 10.00 Å². The first-order valence-corrected chi connectivity index (χ1v) is 8.06. The van der Waals surface area contributed by atoms with E-state index in [1.54, 1.807) is 6.20 Å². The number of piperidine rings is 1. The molecule has 0 atom stereocenters. The monoisotopic (exact) mass is 307 g/mol. The molecular formula is C19H21N3O. The van der Waals surface area contributed by atoms with E-state index in [0.717, 1.165) is 43.7 Å². The Hall–Kier alpha value is -2.22. The number of aromatic nitrogens is 1. The molecule has 0 N–H and O–H groups in total. The molecule has 0 amide bonds. The van der Waals surface area contributed by atoms with Crippen LogP contribution in [0.2, 0.25) is 0 Å². The largest absolute Gasteiger partial charge is 0.372 e. The first-order valence-electron chi connectivity index (χ1n) is 8.06. The minimum atomic E-state index is 0.328. The minimum Gasteiger partial charge on any atom is -0.372 e. The zero-order chi connectivity index (χ0) is 15.9. The van der Waals surface area contributed by atoms with Crippen molar-refractivity contribution in [1.82, 2.24) is 9.88 Å². The summed E-state index contributed by atoms with van der Waals surface area (Å²) in [5.74, 6) is 0. The second-order valence-corrected chi connectivity index (χ2v) is 5.92. The van der Waals surface area contributed by atoms with Crippen molar-refractivity contribution in [1.29, 1.82) is 5.26 Å². The molecule has 1 saturated heterocycles. The van der Waals surface area contributed by atoms with Crippen molar-refractivity contribution in [3.8, 4) is 6.07 Å². The number of hydrogen-bond donors (Lipinski definition) is 0. The molecule has 0 unspecified atom stereocenters. The highest BCUT2D eigenvalue weighted by Crippen LogP contribution is 2.17. The van der Waals surface area contributed by atoms with Gasteiger partial charge >= 0.3 is 0 Å². The Labute approximate surface area is 137 Å². The number of ether oxygens (including phenoxy) is 1. The van der Waals surface area contributed by atoms with E-state index in [1.807, 2.05) is 42.5 Å². The van der Waals surface area contributed by atoms with Gasteiger partial charge in [0, 0.05) is 25.8 Å². The minimum absolute atomic E-state index is 0.328. The highest BCUT2D eigenvalue weighted by atomic mass is 16.5. The average Bonchev–Trinajstić information content (AvgIpc) is 2.63. The highest BCUT2D eigenvalue weighted by molar-refractivity contribution is 5.31. The maximum atomic E-state index is 8.83. The van der Waals surface area contributed by atoms with E-state index in [9.17, 15) is 0 Å². The van der Waals surface area contributed by atoms with Crippen molar-refractivity contribution < 1.29 is 4.74 Å². The van der Waals surface area contributed by atoms with Crippen LogP contribution in [0.15, 0.2) is 48.7 Å². The van der Waals surface area contributed by atoms with E-state index >= 15 is 0 Å². The lowest BCUT2D eigenvalue weighted by Gasteiger charge is -2.31. The number of nitriles is 1. The molecule has 1 aromatic carbocycles. The van der Waals surface area contributed by atoms with Crippen LogP contribution in [0.3, 0.4) is 0 Å². The summed E-state index contributed by atoms with van der Waals surface area (Å²) < 4.78 is 5.97. The van der Waals surface area contributed by atoms with Gasteiger partial charge in [-0.1, -0.05) is 18.2 Å². The van der Waals surface area contributed by atoms with Gasteiger partial charge in [0.15, 0.2) is 0 Å². The summed E-state index contributed by atoms with van der Waals surface area (Å²) in [4.78, 5) is 6.74. The molecule has 0 radical (unpaired) electrons. The Morgan fingerprint density at radius 1 is 1.13 bits per heavy atom. The van der Waals surface area contributed by atoms with Gasteiger partial charge in [-0.25, -0.2) is 0 Å². The lowest BCUT2D eigenvalue weighted by Crippen LogP contribution is -2.36. The smallest absolute Gasteiger partial charge is 0.0991 e. The molecule has 4 heteroatoms. The topological polar surface area (TPSA) is 49.2 Å². The van der Waals surface area contributed by atoms with Crippen LogP contribution in [0.5, 0.6) is 0 Å². The van der Waals surface area contributed by atoms with Crippen LogP contribution in [0, 0.1) is 11.3 Å². The van der Waals surface area contributed by atoms with Crippen LogP contribution in [0.25, 0.3) is 0 Å². The normalized spacial score (nSPS) is 16.1. The number of rotatable bonds is 5. The molecule has 0 spiro atoms. The fraction of sp³-hybridized carbons (Fsp3) is 0.368. The van der Waals surface area contributed by atoms with Gasteiger partial charge in [0.05, 0.1) is 30.0 Å². The molecular weight excluding hydrogens is 286 g/mol. The molecule has 2 heterocycles. The zero-order valence-corrected chi connectivity index (χ0v) is 13.2. The molecule has 0 aliphatic carbocycles. The Morgan fingerprint density at radius 2 is 1.91 bits per heavy atom. The number of hydrogen-bond acceptors (Lipinski definition) is 4. The zero-order valence-electron chi connectivity index (χ0n) is 13.2. The SMILES string of the molecule is N#Cc1ccc(CN2CCC(OCc3ccccn3)CC2)cc1. The van der Waals surface area contributed by atoms with Crippen molar-refractivity contribution in [3.05, 3.63) is 65.5 Å². The summed E-state index contributed by atoms with van der Waals surface area (Å²) in [6.45, 7) is 3.64. The van der Waals surface area contributed by atoms with Crippen LogP contribution in [0.4, 0.5) is 0 Å². The number of benzene rings is 1. The van der Waals surface area contributed by atoms with Crippen LogP contribution in [-0.4, -0.2) is 29.1 Å². The molecule has 1 fully saturated rings. The molecule has 1 aromatic heterocycles. The van der Waals surface area contributed by atoms with Crippen molar-refractivity contribution in [2.75, 3.05) is 13.1 Å². The van der Waals surface area contributed by atoms with Crippen LogP contribution in [-0.2, 0) is 17.9 Å². The highest BCUT2D eigenvalue weighted by Gasteiger charge is 2.19. The van der Waals surface area contributed by atoms with Gasteiger partial charge in [-0.3, -0.25) is 9.88 Å². The number of pyridine rings is 1. The summed E-state index contributed by atoms with van der Waals surface area (Å²) in [6.07, 6.45) is 4.25. The third kappa shape index (κ3) is 4.62. The predicted molar refractivity (Wildman–Crippen MR) is 88.5 cm³/mol. The molecule has 2 aromatic rings. The van der Waals surface area contributed by atoms with E-state index in [-0.39, 0.29) is 0 Å². The van der Waals surface area contributed by atoms with E-state index in [1.165, 1.54) is 5.56 Å². The van der Waals surface area contributed by atoms with Crippen LogP contribution < -0.4 is 0 Å². The van der Waals surface area contributed by atoms with Gasteiger partial charge in [-0.05, 0) is 42.7 Å². The van der Waals surface area contributed by atoms with Gasteiger partial charge < -0.3 is 4.74 Å². The molecule has 118 valence electrons. The molecule has 1 aliphatic rings. The van der Waals surface area contributed by atoms with Crippen LogP contribution in [0.1, 0.15) is 29.7 Å².